The summed E-state index contributed by atoms with van der Waals surface area (Å²) in [4.78, 5) is 0. The Bertz CT molecular complexity index is 586. The van der Waals surface area contributed by atoms with Crippen molar-refractivity contribution in [2.45, 2.75) is 12.3 Å². The molecular formula is C16H17F2NO. The van der Waals surface area contributed by atoms with Crippen LogP contribution in [0, 0.1) is 11.6 Å². The molecule has 20 heavy (non-hydrogen) atoms. The molecule has 0 saturated carbocycles. The second-order valence-electron chi connectivity index (χ2n) is 4.63. The monoisotopic (exact) mass is 277 g/mol. The maximum atomic E-state index is 14.1. The zero-order chi connectivity index (χ0) is 14.5. The van der Waals surface area contributed by atoms with E-state index in [2.05, 4.69) is 0 Å². The lowest BCUT2D eigenvalue weighted by atomic mass is 9.91. The summed E-state index contributed by atoms with van der Waals surface area (Å²) in [6, 6.07) is 11.3. The average Bonchev–Trinajstić information content (AvgIpc) is 2.46. The van der Waals surface area contributed by atoms with Gasteiger partial charge in [-0.3, -0.25) is 0 Å². The molecule has 4 heteroatoms. The lowest BCUT2D eigenvalue weighted by Gasteiger charge is -2.16. The zero-order valence-corrected chi connectivity index (χ0v) is 11.3. The van der Waals surface area contributed by atoms with Gasteiger partial charge in [0.1, 0.15) is 5.82 Å². The molecule has 0 spiro atoms. The average molecular weight is 277 g/mol. The van der Waals surface area contributed by atoms with Crippen LogP contribution in [0.4, 0.5) is 8.78 Å². The first kappa shape index (κ1) is 14.5. The van der Waals surface area contributed by atoms with Crippen LogP contribution >= 0.6 is 0 Å². The van der Waals surface area contributed by atoms with Crippen LogP contribution < -0.4 is 10.5 Å². The van der Waals surface area contributed by atoms with Crippen LogP contribution in [0.3, 0.4) is 0 Å². The van der Waals surface area contributed by atoms with Crippen molar-refractivity contribution in [3.05, 3.63) is 65.2 Å². The summed E-state index contributed by atoms with van der Waals surface area (Å²) in [5, 5.41) is 0. The van der Waals surface area contributed by atoms with Gasteiger partial charge < -0.3 is 10.5 Å². The van der Waals surface area contributed by atoms with Crippen molar-refractivity contribution in [2.75, 3.05) is 13.7 Å². The molecule has 1 atom stereocenters. The van der Waals surface area contributed by atoms with Gasteiger partial charge in [0.2, 0.25) is 0 Å². The highest BCUT2D eigenvalue weighted by Gasteiger charge is 2.16. The number of hydrogen-bond donors (Lipinski definition) is 1. The molecule has 106 valence electrons. The van der Waals surface area contributed by atoms with Crippen molar-refractivity contribution in [1.82, 2.24) is 0 Å². The smallest absolute Gasteiger partial charge is 0.168 e. The van der Waals surface area contributed by atoms with Crippen LogP contribution in [0.2, 0.25) is 0 Å². The number of hydrogen-bond acceptors (Lipinski definition) is 2. The molecule has 0 aliphatic heterocycles. The van der Waals surface area contributed by atoms with E-state index in [-0.39, 0.29) is 23.3 Å². The van der Waals surface area contributed by atoms with Crippen LogP contribution in [0.1, 0.15) is 17.0 Å². The molecule has 0 heterocycles. The summed E-state index contributed by atoms with van der Waals surface area (Å²) >= 11 is 0. The van der Waals surface area contributed by atoms with Gasteiger partial charge in [0.05, 0.1) is 7.11 Å². The largest absolute Gasteiger partial charge is 0.494 e. The van der Waals surface area contributed by atoms with E-state index >= 15 is 0 Å². The molecule has 2 nitrogen and oxygen atoms in total. The van der Waals surface area contributed by atoms with E-state index in [0.717, 1.165) is 5.56 Å². The Morgan fingerprint density at radius 1 is 1.15 bits per heavy atom. The predicted octanol–water partition coefficient (Wildman–Crippen LogP) is 3.26. The summed E-state index contributed by atoms with van der Waals surface area (Å²) in [5.74, 6) is -0.623. The molecule has 2 aromatic rings. The molecule has 0 bridgehead atoms. The fourth-order valence-electron chi connectivity index (χ4n) is 2.23. The lowest BCUT2D eigenvalue weighted by molar-refractivity contribution is 0.383. The van der Waals surface area contributed by atoms with E-state index in [4.69, 9.17) is 10.5 Å². The molecule has 0 amide bonds. The number of halogens is 2. The van der Waals surface area contributed by atoms with E-state index in [1.807, 2.05) is 0 Å². The van der Waals surface area contributed by atoms with Gasteiger partial charge in [-0.15, -0.1) is 0 Å². The number of benzene rings is 2. The standard InChI is InChI=1S/C16H17F2NO/c1-20-15-7-3-5-12(16(15)18)8-13(10-19)11-4-2-6-14(17)9-11/h2-7,9,13H,8,10,19H2,1H3. The van der Waals surface area contributed by atoms with Gasteiger partial charge in [-0.2, -0.15) is 0 Å². The minimum Gasteiger partial charge on any atom is -0.494 e. The second kappa shape index (κ2) is 6.48. The van der Waals surface area contributed by atoms with E-state index in [0.29, 0.717) is 18.5 Å². The summed E-state index contributed by atoms with van der Waals surface area (Å²) < 4.78 is 32.3. The summed E-state index contributed by atoms with van der Waals surface area (Å²) in [5.41, 5.74) is 7.04. The van der Waals surface area contributed by atoms with Gasteiger partial charge in [0.15, 0.2) is 11.6 Å². The number of rotatable bonds is 5. The summed E-state index contributed by atoms with van der Waals surface area (Å²) in [7, 11) is 1.43. The number of nitrogens with two attached hydrogens (primary N) is 1. The van der Waals surface area contributed by atoms with Gasteiger partial charge >= 0.3 is 0 Å². The van der Waals surface area contributed by atoms with Crippen molar-refractivity contribution in [3.63, 3.8) is 0 Å². The Morgan fingerprint density at radius 2 is 1.90 bits per heavy atom. The minimum atomic E-state index is -0.384. The highest BCUT2D eigenvalue weighted by molar-refractivity contribution is 5.33. The molecule has 1 unspecified atom stereocenters. The first-order valence-corrected chi connectivity index (χ1v) is 6.42. The molecule has 0 radical (unpaired) electrons. The van der Waals surface area contributed by atoms with E-state index in [1.165, 1.54) is 19.2 Å². The molecule has 0 aromatic heterocycles. The first-order valence-electron chi connectivity index (χ1n) is 6.42. The highest BCUT2D eigenvalue weighted by atomic mass is 19.1. The Hall–Kier alpha value is -1.94. The Labute approximate surface area is 117 Å². The van der Waals surface area contributed by atoms with Crippen molar-refractivity contribution < 1.29 is 13.5 Å². The third-order valence-corrected chi connectivity index (χ3v) is 3.33. The Kier molecular flexibility index (Phi) is 4.69. The van der Waals surface area contributed by atoms with Gasteiger partial charge in [-0.1, -0.05) is 24.3 Å². The normalized spacial score (nSPS) is 12.2. The summed E-state index contributed by atoms with van der Waals surface area (Å²) in [6.07, 6.45) is 0.406. The van der Waals surface area contributed by atoms with Gasteiger partial charge in [0.25, 0.3) is 0 Å². The second-order valence-corrected chi connectivity index (χ2v) is 4.63. The zero-order valence-electron chi connectivity index (χ0n) is 11.3. The molecule has 0 aliphatic carbocycles. The van der Waals surface area contributed by atoms with Crippen molar-refractivity contribution in [2.24, 2.45) is 5.73 Å². The fourth-order valence-corrected chi connectivity index (χ4v) is 2.23. The highest BCUT2D eigenvalue weighted by Crippen LogP contribution is 2.26. The van der Waals surface area contributed by atoms with Gasteiger partial charge in [-0.25, -0.2) is 8.78 Å². The number of methoxy groups -OCH3 is 1. The Morgan fingerprint density at radius 3 is 2.55 bits per heavy atom. The van der Waals surface area contributed by atoms with Crippen LogP contribution in [0.15, 0.2) is 42.5 Å². The molecule has 2 aromatic carbocycles. The fraction of sp³-hybridized carbons (Fsp3) is 0.250. The number of ether oxygens (including phenoxy) is 1. The maximum Gasteiger partial charge on any atom is 0.168 e. The van der Waals surface area contributed by atoms with Gasteiger partial charge in [-0.05, 0) is 42.3 Å². The minimum absolute atomic E-state index is 0.132. The molecular weight excluding hydrogens is 260 g/mol. The van der Waals surface area contributed by atoms with E-state index in [9.17, 15) is 8.78 Å². The SMILES string of the molecule is COc1cccc(CC(CN)c2cccc(F)c2)c1F. The van der Waals surface area contributed by atoms with Crippen LogP contribution in [-0.4, -0.2) is 13.7 Å². The van der Waals surface area contributed by atoms with E-state index < -0.39 is 0 Å². The van der Waals surface area contributed by atoms with Crippen molar-refractivity contribution in [1.29, 1.82) is 0 Å². The molecule has 2 N–H and O–H groups in total. The molecule has 0 aliphatic rings. The molecule has 0 saturated heterocycles. The maximum absolute atomic E-state index is 14.1. The van der Waals surface area contributed by atoms with Crippen molar-refractivity contribution in [3.8, 4) is 5.75 Å². The molecule has 0 fully saturated rings. The van der Waals surface area contributed by atoms with Gasteiger partial charge in [0, 0.05) is 5.92 Å². The van der Waals surface area contributed by atoms with Crippen LogP contribution in [-0.2, 0) is 6.42 Å². The van der Waals surface area contributed by atoms with Crippen molar-refractivity contribution >= 4 is 0 Å². The molecule has 2 rings (SSSR count). The van der Waals surface area contributed by atoms with E-state index in [1.54, 1.807) is 30.3 Å². The third-order valence-electron chi connectivity index (χ3n) is 3.33. The predicted molar refractivity (Wildman–Crippen MR) is 74.9 cm³/mol. The third kappa shape index (κ3) is 3.14. The Balaban J connectivity index is 2.27. The summed E-state index contributed by atoms with van der Waals surface area (Å²) in [6.45, 7) is 0.320. The van der Waals surface area contributed by atoms with Crippen LogP contribution in [0.25, 0.3) is 0 Å². The topological polar surface area (TPSA) is 35.2 Å². The van der Waals surface area contributed by atoms with Crippen LogP contribution in [0.5, 0.6) is 5.75 Å². The first-order chi connectivity index (χ1) is 9.65. The quantitative estimate of drug-likeness (QED) is 0.910. The lowest BCUT2D eigenvalue weighted by Crippen LogP contribution is -2.16.